The number of pyridine rings is 1. The Morgan fingerprint density at radius 3 is 2.53 bits per heavy atom. The van der Waals surface area contributed by atoms with Gasteiger partial charge in [-0.3, -0.25) is 14.6 Å². The maximum Gasteiger partial charge on any atom is 0.222 e. The minimum atomic E-state index is -0.965. The Kier molecular flexibility index (Phi) is 10.6. The van der Waals surface area contributed by atoms with Crippen LogP contribution in [0.1, 0.15) is 60.3 Å². The maximum atomic E-state index is 12.8. The van der Waals surface area contributed by atoms with E-state index in [-0.39, 0.29) is 24.0 Å². The zero-order valence-electron chi connectivity index (χ0n) is 21.3. The standard InChI is InChI=1S/C20H33NO3.C9H7N/c1-14-8-6-9-15(2)12-16(3)19(24)20(4,5)17(22)13-18(23)21-11-7-10-14;1-2-6-9-8(4-1)5-3-7-10-9/h6,8,10,15-17,22H,7,9,11-13H2,1-5H3,(H,21,23);1-7H/b8-6+,14-10-;. The summed E-state index contributed by atoms with van der Waals surface area (Å²) in [5, 5.41) is 14.4. The number of allylic oxidation sites excluding steroid dienone is 3. The number of rotatable bonds is 0. The van der Waals surface area contributed by atoms with E-state index in [4.69, 9.17) is 0 Å². The largest absolute Gasteiger partial charge is 0.392 e. The van der Waals surface area contributed by atoms with E-state index in [1.54, 1.807) is 13.8 Å². The molecule has 0 spiro atoms. The van der Waals surface area contributed by atoms with Crippen LogP contribution < -0.4 is 5.32 Å². The van der Waals surface area contributed by atoms with Gasteiger partial charge >= 0.3 is 0 Å². The third kappa shape index (κ3) is 8.53. The van der Waals surface area contributed by atoms with Gasteiger partial charge in [0.05, 0.1) is 23.5 Å². The molecule has 0 bridgehead atoms. The van der Waals surface area contributed by atoms with E-state index in [9.17, 15) is 14.7 Å². The van der Waals surface area contributed by atoms with Crippen molar-refractivity contribution in [3.63, 3.8) is 0 Å². The molecular formula is C29H40N2O3. The van der Waals surface area contributed by atoms with Crippen LogP contribution in [0.3, 0.4) is 0 Å². The van der Waals surface area contributed by atoms with Crippen LogP contribution in [0.5, 0.6) is 0 Å². The smallest absolute Gasteiger partial charge is 0.222 e. The molecule has 1 aliphatic heterocycles. The van der Waals surface area contributed by atoms with Crippen molar-refractivity contribution in [2.24, 2.45) is 17.3 Å². The van der Waals surface area contributed by atoms with E-state index in [1.807, 2.05) is 44.3 Å². The summed E-state index contributed by atoms with van der Waals surface area (Å²) >= 11 is 0. The van der Waals surface area contributed by atoms with Gasteiger partial charge < -0.3 is 10.4 Å². The highest BCUT2D eigenvalue weighted by Gasteiger charge is 2.39. The van der Waals surface area contributed by atoms with Gasteiger partial charge in [0.1, 0.15) is 5.78 Å². The van der Waals surface area contributed by atoms with Crippen LogP contribution in [-0.4, -0.2) is 34.4 Å². The number of hydrogen-bond acceptors (Lipinski definition) is 4. The van der Waals surface area contributed by atoms with Crippen molar-refractivity contribution < 1.29 is 14.7 Å². The van der Waals surface area contributed by atoms with Gasteiger partial charge in [0.25, 0.3) is 0 Å². The van der Waals surface area contributed by atoms with Crippen molar-refractivity contribution in [2.45, 2.75) is 66.4 Å². The average molecular weight is 465 g/mol. The summed E-state index contributed by atoms with van der Waals surface area (Å²) in [5.41, 5.74) is 1.32. The van der Waals surface area contributed by atoms with Crippen LogP contribution in [0.25, 0.3) is 10.9 Å². The fraction of sp³-hybridized carbons (Fsp3) is 0.483. The molecule has 0 fully saturated rings. The van der Waals surface area contributed by atoms with Crippen LogP contribution >= 0.6 is 0 Å². The predicted octanol–water partition coefficient (Wildman–Crippen LogP) is 5.64. The highest BCUT2D eigenvalue weighted by molar-refractivity contribution is 5.87. The van der Waals surface area contributed by atoms with E-state index in [0.717, 1.165) is 24.8 Å². The Hall–Kier alpha value is -2.79. The lowest BCUT2D eigenvalue weighted by Crippen LogP contribution is -2.43. The van der Waals surface area contributed by atoms with Crippen LogP contribution in [0.15, 0.2) is 66.4 Å². The third-order valence-corrected chi connectivity index (χ3v) is 6.41. The van der Waals surface area contributed by atoms with Crippen LogP contribution in [0, 0.1) is 17.3 Å². The number of fused-ring (bicyclic) bond motifs is 1. The van der Waals surface area contributed by atoms with Gasteiger partial charge in [-0.25, -0.2) is 0 Å². The van der Waals surface area contributed by atoms with Gasteiger partial charge in [-0.15, -0.1) is 0 Å². The molecule has 1 aromatic carbocycles. The van der Waals surface area contributed by atoms with Crippen molar-refractivity contribution >= 4 is 22.6 Å². The molecule has 5 heteroatoms. The Morgan fingerprint density at radius 1 is 1.09 bits per heavy atom. The fourth-order valence-corrected chi connectivity index (χ4v) is 4.19. The SMILES string of the molecule is CC1=C/CCNC(=O)CC(O)C(C)(C)C(=O)C(C)CC(C)C\C=C\1.c1ccc2ncccc2c1. The molecule has 2 heterocycles. The molecule has 0 saturated carbocycles. The Morgan fingerprint density at radius 2 is 1.79 bits per heavy atom. The molecule has 3 rings (SSSR count). The second kappa shape index (κ2) is 13.2. The molecule has 3 unspecified atom stereocenters. The van der Waals surface area contributed by atoms with Gasteiger partial charge in [0.15, 0.2) is 0 Å². The first-order chi connectivity index (χ1) is 16.1. The normalized spacial score (nSPS) is 27.0. The summed E-state index contributed by atoms with van der Waals surface area (Å²) in [6.07, 6.45) is 9.63. The molecule has 1 amide bonds. The number of carbonyl (C=O) groups is 2. The number of benzene rings is 1. The van der Waals surface area contributed by atoms with Crippen LogP contribution in [0.2, 0.25) is 0 Å². The van der Waals surface area contributed by atoms with Crippen molar-refractivity contribution in [2.75, 3.05) is 6.54 Å². The number of hydrogen-bond donors (Lipinski definition) is 2. The van der Waals surface area contributed by atoms with Crippen LogP contribution in [0.4, 0.5) is 0 Å². The number of ketones is 1. The van der Waals surface area contributed by atoms with E-state index in [0.29, 0.717) is 12.5 Å². The molecule has 5 nitrogen and oxygen atoms in total. The fourth-order valence-electron chi connectivity index (χ4n) is 4.19. The average Bonchev–Trinajstić information content (AvgIpc) is 2.81. The monoisotopic (exact) mass is 464 g/mol. The Labute approximate surface area is 204 Å². The highest BCUT2D eigenvalue weighted by atomic mass is 16.3. The van der Waals surface area contributed by atoms with Gasteiger partial charge in [-0.05, 0) is 44.2 Å². The molecular weight excluding hydrogens is 424 g/mol. The lowest BCUT2D eigenvalue weighted by atomic mass is 9.74. The number of aliphatic hydroxyl groups is 1. The van der Waals surface area contributed by atoms with Gasteiger partial charge in [-0.1, -0.05) is 75.8 Å². The first-order valence-electron chi connectivity index (χ1n) is 12.2. The lowest BCUT2D eigenvalue weighted by Gasteiger charge is -2.32. The van der Waals surface area contributed by atoms with Gasteiger partial charge in [0, 0.05) is 24.0 Å². The summed E-state index contributed by atoms with van der Waals surface area (Å²) < 4.78 is 0. The van der Waals surface area contributed by atoms with E-state index < -0.39 is 11.5 Å². The number of aromatic nitrogens is 1. The first-order valence-corrected chi connectivity index (χ1v) is 12.2. The first kappa shape index (κ1) is 27.5. The predicted molar refractivity (Wildman–Crippen MR) is 139 cm³/mol. The lowest BCUT2D eigenvalue weighted by molar-refractivity contribution is -0.139. The molecule has 0 saturated heterocycles. The minimum absolute atomic E-state index is 0.0294. The Balaban J connectivity index is 0.000000333. The summed E-state index contributed by atoms with van der Waals surface area (Å²) in [6, 6.07) is 12.1. The molecule has 34 heavy (non-hydrogen) atoms. The molecule has 1 aromatic heterocycles. The number of carbonyl (C=O) groups excluding carboxylic acids is 2. The Bertz CT molecular complexity index is 944. The van der Waals surface area contributed by atoms with Gasteiger partial charge in [0.2, 0.25) is 5.91 Å². The second-order valence-corrected chi connectivity index (χ2v) is 9.97. The molecule has 184 valence electrons. The number of nitrogens with zero attached hydrogens (tertiary/aromatic N) is 1. The summed E-state index contributed by atoms with van der Waals surface area (Å²) in [4.78, 5) is 28.9. The molecule has 0 radical (unpaired) electrons. The number of nitrogens with one attached hydrogen (secondary N) is 1. The molecule has 0 aliphatic carbocycles. The van der Waals surface area contributed by atoms with Gasteiger partial charge in [-0.2, -0.15) is 0 Å². The minimum Gasteiger partial charge on any atom is -0.392 e. The summed E-state index contributed by atoms with van der Waals surface area (Å²) in [7, 11) is 0. The number of amides is 1. The summed E-state index contributed by atoms with van der Waals surface area (Å²) in [6.45, 7) is 10.1. The number of aliphatic hydroxyl groups excluding tert-OH is 1. The molecule has 2 N–H and O–H groups in total. The van der Waals surface area contributed by atoms with Crippen molar-refractivity contribution in [3.8, 4) is 0 Å². The molecule has 2 aromatic rings. The topological polar surface area (TPSA) is 79.3 Å². The van der Waals surface area contributed by atoms with E-state index in [2.05, 4.69) is 47.6 Å². The number of para-hydroxylation sites is 1. The molecule has 3 atom stereocenters. The van der Waals surface area contributed by atoms with Crippen LogP contribution in [-0.2, 0) is 9.59 Å². The zero-order chi connectivity index (χ0) is 25.1. The van der Waals surface area contributed by atoms with Crippen molar-refractivity contribution in [3.05, 3.63) is 66.4 Å². The number of Topliss-reactive ketones (excluding diaryl/α,β-unsaturated/α-hetero) is 1. The highest BCUT2D eigenvalue weighted by Crippen LogP contribution is 2.31. The molecule has 1 aliphatic rings. The second-order valence-electron chi connectivity index (χ2n) is 9.97. The summed E-state index contributed by atoms with van der Waals surface area (Å²) in [5.74, 6) is 0.0858. The van der Waals surface area contributed by atoms with E-state index >= 15 is 0 Å². The maximum absolute atomic E-state index is 12.8. The van der Waals surface area contributed by atoms with Crippen molar-refractivity contribution in [1.29, 1.82) is 0 Å². The quantitative estimate of drug-likeness (QED) is 0.529. The van der Waals surface area contributed by atoms with E-state index in [1.165, 1.54) is 11.0 Å². The third-order valence-electron chi connectivity index (χ3n) is 6.41. The van der Waals surface area contributed by atoms with Crippen molar-refractivity contribution in [1.82, 2.24) is 10.3 Å². The zero-order valence-corrected chi connectivity index (χ0v) is 21.3.